The molecule has 0 aromatic heterocycles. The van der Waals surface area contributed by atoms with Crippen molar-refractivity contribution in [2.75, 3.05) is 14.2 Å². The average Bonchev–Trinajstić information content (AvgIpc) is 2.39. The maximum atomic E-state index is 11.5. The van der Waals surface area contributed by atoms with Gasteiger partial charge in [0.25, 0.3) is 5.91 Å². The second kappa shape index (κ2) is 5.70. The lowest BCUT2D eigenvalue weighted by Crippen LogP contribution is -2.38. The second-order valence-corrected chi connectivity index (χ2v) is 3.94. The van der Waals surface area contributed by atoms with Crippen LogP contribution in [-0.4, -0.2) is 20.1 Å². The first kappa shape index (κ1) is 14.3. The minimum absolute atomic E-state index is 0.487. The summed E-state index contributed by atoms with van der Waals surface area (Å²) in [5.41, 5.74) is 10.2. The van der Waals surface area contributed by atoms with Crippen LogP contribution in [0.3, 0.4) is 0 Å². The molecular weight excluding hydrogens is 234 g/mol. The van der Waals surface area contributed by atoms with Crippen LogP contribution >= 0.6 is 0 Å². The van der Waals surface area contributed by atoms with Crippen LogP contribution in [-0.2, 0) is 4.79 Å². The van der Waals surface area contributed by atoms with Gasteiger partial charge in [0.2, 0.25) is 0 Å². The lowest BCUT2D eigenvalue weighted by Gasteiger charge is -2.19. The predicted molar refractivity (Wildman–Crippen MR) is 68.3 cm³/mol. The molecule has 1 atom stereocenters. The minimum atomic E-state index is -0.904. The highest BCUT2D eigenvalue weighted by atomic mass is 16.5. The fourth-order valence-electron chi connectivity index (χ4n) is 1.83. The third-order valence-corrected chi connectivity index (χ3v) is 3.01. The smallest absolute Gasteiger partial charge is 0.255 e. The molecule has 0 saturated heterocycles. The zero-order valence-electron chi connectivity index (χ0n) is 11.0. The van der Waals surface area contributed by atoms with Crippen molar-refractivity contribution in [3.05, 3.63) is 22.8 Å². The van der Waals surface area contributed by atoms with Crippen molar-refractivity contribution in [2.24, 2.45) is 11.6 Å². The maximum absolute atomic E-state index is 11.5. The molecule has 0 aliphatic rings. The first-order chi connectivity index (χ1) is 8.47. The van der Waals surface area contributed by atoms with Gasteiger partial charge < -0.3 is 15.2 Å². The molecule has 1 amide bonds. The molecule has 0 aliphatic heterocycles. The Kier molecular flexibility index (Phi) is 4.52. The quantitative estimate of drug-likeness (QED) is 0.407. The molecule has 18 heavy (non-hydrogen) atoms. The summed E-state index contributed by atoms with van der Waals surface area (Å²) in [5, 5.41) is 0. The van der Waals surface area contributed by atoms with Gasteiger partial charge in [-0.2, -0.15) is 0 Å². The summed E-state index contributed by atoms with van der Waals surface area (Å²) in [6, 6.07) is 0.791. The van der Waals surface area contributed by atoms with Crippen LogP contribution < -0.4 is 26.5 Å². The van der Waals surface area contributed by atoms with E-state index in [2.05, 4.69) is 0 Å². The van der Waals surface area contributed by atoms with Crippen LogP contribution in [0.2, 0.25) is 0 Å². The van der Waals surface area contributed by atoms with Gasteiger partial charge in [0, 0.05) is 5.56 Å². The van der Waals surface area contributed by atoms with Crippen molar-refractivity contribution in [2.45, 2.75) is 19.9 Å². The molecule has 0 heterocycles. The average molecular weight is 253 g/mol. The molecule has 6 heteroatoms. The first-order valence-corrected chi connectivity index (χ1v) is 5.46. The summed E-state index contributed by atoms with van der Waals surface area (Å²) < 4.78 is 10.6. The van der Waals surface area contributed by atoms with Crippen LogP contribution in [0, 0.1) is 13.8 Å². The Hall–Kier alpha value is -1.79. The summed E-state index contributed by atoms with van der Waals surface area (Å²) in [7, 11) is 3.09. The number of nitrogens with two attached hydrogens (primary N) is 2. The van der Waals surface area contributed by atoms with Crippen molar-refractivity contribution in [1.29, 1.82) is 0 Å². The molecule has 0 bridgehead atoms. The Morgan fingerprint density at radius 3 is 2.33 bits per heavy atom. The van der Waals surface area contributed by atoms with Gasteiger partial charge in [0.05, 0.1) is 14.2 Å². The topological polar surface area (TPSA) is 99.6 Å². The van der Waals surface area contributed by atoms with E-state index in [1.807, 2.05) is 19.3 Å². The fourth-order valence-corrected chi connectivity index (χ4v) is 1.83. The number of rotatable bonds is 4. The lowest BCUT2D eigenvalue weighted by molar-refractivity contribution is -0.122. The van der Waals surface area contributed by atoms with E-state index in [0.717, 1.165) is 11.1 Å². The monoisotopic (exact) mass is 253 g/mol. The van der Waals surface area contributed by atoms with E-state index in [4.69, 9.17) is 21.1 Å². The van der Waals surface area contributed by atoms with Crippen molar-refractivity contribution < 1.29 is 14.3 Å². The Labute approximate surface area is 106 Å². The van der Waals surface area contributed by atoms with E-state index in [0.29, 0.717) is 17.1 Å². The van der Waals surface area contributed by atoms with Crippen LogP contribution in [0.1, 0.15) is 22.7 Å². The number of carbonyl (C=O) groups is 1. The highest BCUT2D eigenvalue weighted by molar-refractivity contribution is 5.83. The van der Waals surface area contributed by atoms with Gasteiger partial charge in [-0.05, 0) is 31.0 Å². The first-order valence-electron chi connectivity index (χ1n) is 5.46. The van der Waals surface area contributed by atoms with Gasteiger partial charge in [0.1, 0.15) is 17.5 Å². The van der Waals surface area contributed by atoms with E-state index >= 15 is 0 Å². The molecule has 0 radical (unpaired) electrons. The molecule has 1 unspecified atom stereocenters. The van der Waals surface area contributed by atoms with Crippen LogP contribution in [0.5, 0.6) is 11.5 Å². The molecule has 1 aromatic rings. The predicted octanol–water partition coefficient (Wildman–Crippen LogP) is 0.310. The molecule has 5 N–H and O–H groups in total. The number of nitrogens with one attached hydrogen (secondary N) is 1. The zero-order chi connectivity index (χ0) is 13.9. The second-order valence-electron chi connectivity index (χ2n) is 3.94. The van der Waals surface area contributed by atoms with E-state index < -0.39 is 11.9 Å². The normalized spacial score (nSPS) is 11.9. The summed E-state index contributed by atoms with van der Waals surface area (Å²) in [4.78, 5) is 11.5. The summed E-state index contributed by atoms with van der Waals surface area (Å²) in [5.74, 6) is 5.83. The molecule has 1 rings (SSSR count). The molecule has 0 saturated carbocycles. The molecule has 1 aromatic carbocycles. The van der Waals surface area contributed by atoms with E-state index in [9.17, 15) is 4.79 Å². The number of hydrazine groups is 1. The van der Waals surface area contributed by atoms with Crippen LogP contribution in [0.4, 0.5) is 0 Å². The molecule has 0 aliphatic carbocycles. The Balaban J connectivity index is 3.42. The van der Waals surface area contributed by atoms with Gasteiger partial charge in [0.15, 0.2) is 0 Å². The summed E-state index contributed by atoms with van der Waals surface area (Å²) >= 11 is 0. The standard InChI is InChI=1S/C12H19N3O3/c1-6-7(2)11(18-4)8(5-9(6)17-3)10(13)12(16)15-14/h5,10H,13-14H2,1-4H3,(H,15,16). The molecule has 0 fully saturated rings. The van der Waals surface area contributed by atoms with Crippen LogP contribution in [0.15, 0.2) is 6.07 Å². The number of amides is 1. The van der Waals surface area contributed by atoms with Crippen molar-refractivity contribution in [1.82, 2.24) is 5.43 Å². The van der Waals surface area contributed by atoms with Gasteiger partial charge in [-0.3, -0.25) is 10.2 Å². The van der Waals surface area contributed by atoms with Crippen molar-refractivity contribution in [3.8, 4) is 11.5 Å². The lowest BCUT2D eigenvalue weighted by atomic mass is 9.98. The minimum Gasteiger partial charge on any atom is -0.496 e. The third kappa shape index (κ3) is 2.39. The number of methoxy groups -OCH3 is 2. The summed E-state index contributed by atoms with van der Waals surface area (Å²) in [6.45, 7) is 3.79. The number of ether oxygens (including phenoxy) is 2. The summed E-state index contributed by atoms with van der Waals surface area (Å²) in [6.07, 6.45) is 0. The Morgan fingerprint density at radius 1 is 1.28 bits per heavy atom. The molecule has 0 spiro atoms. The van der Waals surface area contributed by atoms with Crippen molar-refractivity contribution in [3.63, 3.8) is 0 Å². The third-order valence-electron chi connectivity index (χ3n) is 3.01. The van der Waals surface area contributed by atoms with Crippen molar-refractivity contribution >= 4 is 5.91 Å². The number of hydrogen-bond donors (Lipinski definition) is 3. The van der Waals surface area contributed by atoms with Crippen LogP contribution in [0.25, 0.3) is 0 Å². The molecule has 100 valence electrons. The Bertz CT molecular complexity index is 460. The number of benzene rings is 1. The van der Waals surface area contributed by atoms with E-state index in [-0.39, 0.29) is 0 Å². The zero-order valence-corrected chi connectivity index (χ0v) is 11.0. The van der Waals surface area contributed by atoms with Gasteiger partial charge in [-0.25, -0.2) is 5.84 Å². The fraction of sp³-hybridized carbons (Fsp3) is 0.417. The molecule has 6 nitrogen and oxygen atoms in total. The highest BCUT2D eigenvalue weighted by Gasteiger charge is 2.23. The number of hydrogen-bond acceptors (Lipinski definition) is 5. The Morgan fingerprint density at radius 2 is 1.89 bits per heavy atom. The van der Waals surface area contributed by atoms with E-state index in [1.165, 1.54) is 7.11 Å². The largest absolute Gasteiger partial charge is 0.496 e. The van der Waals surface area contributed by atoms with Gasteiger partial charge >= 0.3 is 0 Å². The maximum Gasteiger partial charge on any atom is 0.255 e. The van der Waals surface area contributed by atoms with Gasteiger partial charge in [-0.15, -0.1) is 0 Å². The highest BCUT2D eigenvalue weighted by Crippen LogP contribution is 2.35. The van der Waals surface area contributed by atoms with Gasteiger partial charge in [-0.1, -0.05) is 0 Å². The van der Waals surface area contributed by atoms with E-state index in [1.54, 1.807) is 13.2 Å². The molecular formula is C12H19N3O3. The SMILES string of the molecule is COc1cc(C(N)C(=O)NN)c(OC)c(C)c1C. The number of carbonyl (C=O) groups excluding carboxylic acids is 1.